The van der Waals surface area contributed by atoms with E-state index in [0.717, 1.165) is 57.8 Å². The first-order valence-corrected chi connectivity index (χ1v) is 12.8. The fourth-order valence-corrected chi connectivity index (χ4v) is 4.06. The molecule has 0 radical (unpaired) electrons. The number of ether oxygens (including phenoxy) is 1. The van der Waals surface area contributed by atoms with Crippen molar-refractivity contribution in [2.75, 3.05) is 0 Å². The SMILES string of the molecule is CC(C)=CCCC(C)=CCCC(C)=CCCC(C)=CCCC(C)OC(=O)NC1CCCC1. The zero-order chi connectivity index (χ0) is 23.8. The normalized spacial score (nSPS) is 16.8. The second-order valence-corrected chi connectivity index (χ2v) is 9.97. The Morgan fingerprint density at radius 2 is 1.28 bits per heavy atom. The van der Waals surface area contributed by atoms with E-state index in [1.165, 1.54) is 41.6 Å². The van der Waals surface area contributed by atoms with Gasteiger partial charge in [0.15, 0.2) is 0 Å². The first-order chi connectivity index (χ1) is 15.3. The Balaban J connectivity index is 2.16. The highest BCUT2D eigenvalue weighted by Crippen LogP contribution is 2.18. The van der Waals surface area contributed by atoms with Gasteiger partial charge in [0, 0.05) is 6.04 Å². The molecule has 0 heterocycles. The highest BCUT2D eigenvalue weighted by atomic mass is 16.6. The molecular formula is C29H49NO2. The number of hydrogen-bond donors (Lipinski definition) is 1. The smallest absolute Gasteiger partial charge is 0.407 e. The number of hydrogen-bond acceptors (Lipinski definition) is 2. The molecule has 1 aliphatic carbocycles. The van der Waals surface area contributed by atoms with Gasteiger partial charge in [-0.25, -0.2) is 4.79 Å². The number of nitrogens with one attached hydrogen (secondary N) is 1. The average molecular weight is 444 g/mol. The van der Waals surface area contributed by atoms with E-state index in [9.17, 15) is 4.79 Å². The summed E-state index contributed by atoms with van der Waals surface area (Å²) in [5.41, 5.74) is 5.82. The zero-order valence-corrected chi connectivity index (χ0v) is 21.8. The van der Waals surface area contributed by atoms with E-state index in [4.69, 9.17) is 4.74 Å². The molecule has 0 aromatic heterocycles. The predicted molar refractivity (Wildman–Crippen MR) is 139 cm³/mol. The number of alkyl carbamates (subject to hydrolysis) is 1. The molecule has 0 aromatic rings. The van der Waals surface area contributed by atoms with Crippen molar-refractivity contribution in [1.29, 1.82) is 0 Å². The van der Waals surface area contributed by atoms with Crippen LogP contribution in [0.5, 0.6) is 0 Å². The molecule has 1 fully saturated rings. The molecule has 0 aromatic carbocycles. The summed E-state index contributed by atoms with van der Waals surface area (Å²) in [5.74, 6) is 0. The summed E-state index contributed by atoms with van der Waals surface area (Å²) in [4.78, 5) is 11.9. The van der Waals surface area contributed by atoms with Gasteiger partial charge in [-0.15, -0.1) is 0 Å². The van der Waals surface area contributed by atoms with Crippen molar-refractivity contribution >= 4 is 6.09 Å². The maximum absolute atomic E-state index is 11.9. The van der Waals surface area contributed by atoms with Gasteiger partial charge in [0.2, 0.25) is 0 Å². The highest BCUT2D eigenvalue weighted by molar-refractivity contribution is 5.67. The van der Waals surface area contributed by atoms with Gasteiger partial charge in [-0.2, -0.15) is 0 Å². The number of allylic oxidation sites excluding steroid dienone is 8. The minimum atomic E-state index is -0.247. The summed E-state index contributed by atoms with van der Waals surface area (Å²) in [6.07, 6.45) is 22.4. The minimum absolute atomic E-state index is 0.0406. The molecule has 182 valence electrons. The van der Waals surface area contributed by atoms with Gasteiger partial charge >= 0.3 is 6.09 Å². The summed E-state index contributed by atoms with van der Waals surface area (Å²) >= 11 is 0. The van der Waals surface area contributed by atoms with Crippen molar-refractivity contribution in [3.05, 3.63) is 46.6 Å². The number of carbonyl (C=O) groups is 1. The van der Waals surface area contributed by atoms with Crippen molar-refractivity contribution < 1.29 is 9.53 Å². The third-order valence-electron chi connectivity index (χ3n) is 6.21. The van der Waals surface area contributed by atoms with Gasteiger partial charge in [-0.1, -0.05) is 59.4 Å². The Labute approximate surface area is 198 Å². The molecule has 1 rings (SSSR count). The topological polar surface area (TPSA) is 38.3 Å². The van der Waals surface area contributed by atoms with Crippen LogP contribution in [0, 0.1) is 0 Å². The molecule has 32 heavy (non-hydrogen) atoms. The van der Waals surface area contributed by atoms with Crippen molar-refractivity contribution in [1.82, 2.24) is 5.32 Å². The van der Waals surface area contributed by atoms with E-state index in [2.05, 4.69) is 64.2 Å². The lowest BCUT2D eigenvalue weighted by atomic mass is 10.0. The largest absolute Gasteiger partial charge is 0.447 e. The first kappa shape index (κ1) is 28.3. The molecule has 0 bridgehead atoms. The van der Waals surface area contributed by atoms with Crippen LogP contribution in [-0.4, -0.2) is 18.2 Å². The summed E-state index contributed by atoms with van der Waals surface area (Å²) in [6, 6.07) is 0.320. The fraction of sp³-hybridized carbons (Fsp3) is 0.690. The zero-order valence-electron chi connectivity index (χ0n) is 21.8. The van der Waals surface area contributed by atoms with Crippen LogP contribution < -0.4 is 5.32 Å². The van der Waals surface area contributed by atoms with Crippen LogP contribution in [0.4, 0.5) is 4.79 Å². The summed E-state index contributed by atoms with van der Waals surface area (Å²) in [6.45, 7) is 13.0. The van der Waals surface area contributed by atoms with E-state index < -0.39 is 0 Å². The second-order valence-electron chi connectivity index (χ2n) is 9.97. The van der Waals surface area contributed by atoms with Crippen LogP contribution in [0.25, 0.3) is 0 Å². The van der Waals surface area contributed by atoms with Crippen LogP contribution in [0.15, 0.2) is 46.6 Å². The lowest BCUT2D eigenvalue weighted by Gasteiger charge is -2.16. The van der Waals surface area contributed by atoms with E-state index in [-0.39, 0.29) is 12.2 Å². The van der Waals surface area contributed by atoms with Crippen LogP contribution in [0.3, 0.4) is 0 Å². The maximum atomic E-state index is 11.9. The quantitative estimate of drug-likeness (QED) is 0.272. The van der Waals surface area contributed by atoms with E-state index in [1.807, 2.05) is 6.92 Å². The average Bonchev–Trinajstić information content (AvgIpc) is 3.20. The molecule has 0 spiro atoms. The Kier molecular flexibility index (Phi) is 14.8. The van der Waals surface area contributed by atoms with Gasteiger partial charge in [-0.05, 0) is 106 Å². The first-order valence-electron chi connectivity index (χ1n) is 12.8. The van der Waals surface area contributed by atoms with Crippen molar-refractivity contribution in [2.45, 2.75) is 131 Å². The Hall–Kier alpha value is -1.77. The monoisotopic (exact) mass is 443 g/mol. The van der Waals surface area contributed by atoms with Gasteiger partial charge in [0.05, 0.1) is 0 Å². The lowest BCUT2D eigenvalue weighted by Crippen LogP contribution is -2.34. The molecular weight excluding hydrogens is 394 g/mol. The molecule has 3 nitrogen and oxygen atoms in total. The molecule has 1 aliphatic rings. The Morgan fingerprint density at radius 3 is 1.78 bits per heavy atom. The van der Waals surface area contributed by atoms with E-state index in [0.29, 0.717) is 6.04 Å². The van der Waals surface area contributed by atoms with Crippen LogP contribution in [-0.2, 0) is 4.74 Å². The summed E-state index contributed by atoms with van der Waals surface area (Å²) in [5, 5.41) is 2.99. The highest BCUT2D eigenvalue weighted by Gasteiger charge is 2.18. The van der Waals surface area contributed by atoms with Crippen LogP contribution >= 0.6 is 0 Å². The van der Waals surface area contributed by atoms with Crippen molar-refractivity contribution in [3.63, 3.8) is 0 Å². The number of rotatable bonds is 14. The van der Waals surface area contributed by atoms with Gasteiger partial charge in [0.25, 0.3) is 0 Å². The molecule has 0 aliphatic heterocycles. The maximum Gasteiger partial charge on any atom is 0.407 e. The summed E-state index contributed by atoms with van der Waals surface area (Å²) in [7, 11) is 0. The van der Waals surface area contributed by atoms with Gasteiger partial charge in [0.1, 0.15) is 6.10 Å². The van der Waals surface area contributed by atoms with Crippen molar-refractivity contribution in [3.8, 4) is 0 Å². The minimum Gasteiger partial charge on any atom is -0.447 e. The Bertz CT molecular complexity index is 659. The number of carbonyl (C=O) groups excluding carboxylic acids is 1. The standard InChI is InChI=1S/C29H49NO2/c1-23(2)13-9-14-24(3)15-10-16-25(4)17-11-18-26(5)19-12-20-27(6)32-29(31)30-28-21-7-8-22-28/h13,15,17,19,27-28H,7-12,14,16,18,20-22H2,1-6H3,(H,30,31). The molecule has 0 saturated heterocycles. The molecule has 1 amide bonds. The third kappa shape index (κ3) is 15.1. The lowest BCUT2D eigenvalue weighted by molar-refractivity contribution is 0.0997. The molecule has 1 atom stereocenters. The third-order valence-corrected chi connectivity index (χ3v) is 6.21. The molecule has 1 N–H and O–H groups in total. The van der Waals surface area contributed by atoms with Crippen molar-refractivity contribution in [2.24, 2.45) is 0 Å². The second kappa shape index (κ2) is 16.8. The molecule has 1 unspecified atom stereocenters. The van der Waals surface area contributed by atoms with Gasteiger partial charge < -0.3 is 10.1 Å². The number of amides is 1. The van der Waals surface area contributed by atoms with E-state index in [1.54, 1.807) is 0 Å². The molecule has 3 heteroatoms. The fourth-order valence-electron chi connectivity index (χ4n) is 4.06. The van der Waals surface area contributed by atoms with Crippen LogP contribution in [0.1, 0.15) is 119 Å². The summed E-state index contributed by atoms with van der Waals surface area (Å²) < 4.78 is 5.50. The Morgan fingerprint density at radius 1 is 0.812 bits per heavy atom. The van der Waals surface area contributed by atoms with E-state index >= 15 is 0 Å². The van der Waals surface area contributed by atoms with Gasteiger partial charge in [-0.3, -0.25) is 0 Å². The molecule has 1 saturated carbocycles. The van der Waals surface area contributed by atoms with Crippen LogP contribution in [0.2, 0.25) is 0 Å². The predicted octanol–water partition coefficient (Wildman–Crippen LogP) is 8.97.